The van der Waals surface area contributed by atoms with E-state index < -0.39 is 18.6 Å². The van der Waals surface area contributed by atoms with Gasteiger partial charge in [-0.1, -0.05) is 0 Å². The van der Waals surface area contributed by atoms with Gasteiger partial charge >= 0.3 is 6.18 Å². The maximum Gasteiger partial charge on any atom is 0.411 e. The minimum atomic E-state index is -4.37. The van der Waals surface area contributed by atoms with Crippen molar-refractivity contribution in [1.29, 1.82) is 0 Å². The Bertz CT molecular complexity index is 644. The van der Waals surface area contributed by atoms with Gasteiger partial charge in [0.25, 0.3) is 0 Å². The molecule has 0 aliphatic heterocycles. The Morgan fingerprint density at radius 1 is 1.33 bits per heavy atom. The van der Waals surface area contributed by atoms with Gasteiger partial charge in [0.15, 0.2) is 0 Å². The van der Waals surface area contributed by atoms with Crippen molar-refractivity contribution in [2.75, 3.05) is 13.2 Å². The number of benzene rings is 1. The summed E-state index contributed by atoms with van der Waals surface area (Å²) in [6, 6.07) is 2.75. The second-order valence-corrected chi connectivity index (χ2v) is 5.36. The Labute approximate surface area is 131 Å². The molecule has 0 radical (unpaired) electrons. The molecule has 116 valence electrons. The first-order chi connectivity index (χ1) is 9.81. The van der Waals surface area contributed by atoms with Crippen LogP contribution in [0.4, 0.5) is 17.6 Å². The summed E-state index contributed by atoms with van der Waals surface area (Å²) in [6.45, 7) is -1.39. The van der Waals surface area contributed by atoms with Gasteiger partial charge in [-0.15, -0.1) is 11.6 Å². The average Bonchev–Trinajstić information content (AvgIpc) is 2.71. The van der Waals surface area contributed by atoms with Crippen LogP contribution in [0.25, 0.3) is 11.0 Å². The molecule has 0 amide bonds. The van der Waals surface area contributed by atoms with Crippen molar-refractivity contribution >= 4 is 38.6 Å². The van der Waals surface area contributed by atoms with E-state index in [1.165, 1.54) is 12.1 Å². The van der Waals surface area contributed by atoms with Crippen LogP contribution >= 0.6 is 27.5 Å². The van der Waals surface area contributed by atoms with Crippen LogP contribution in [0, 0.1) is 5.82 Å². The number of aromatic nitrogens is 2. The van der Waals surface area contributed by atoms with Crippen LogP contribution in [-0.4, -0.2) is 28.9 Å². The topological polar surface area (TPSA) is 27.1 Å². The van der Waals surface area contributed by atoms with Gasteiger partial charge in [0, 0.05) is 12.6 Å². The van der Waals surface area contributed by atoms with E-state index in [-0.39, 0.29) is 23.5 Å². The number of ether oxygens (including phenoxy) is 1. The van der Waals surface area contributed by atoms with Crippen molar-refractivity contribution in [2.24, 2.45) is 0 Å². The van der Waals surface area contributed by atoms with Crippen molar-refractivity contribution in [1.82, 2.24) is 9.55 Å². The van der Waals surface area contributed by atoms with E-state index >= 15 is 0 Å². The van der Waals surface area contributed by atoms with Gasteiger partial charge in [-0.05, 0) is 22.0 Å². The molecule has 0 saturated heterocycles. The van der Waals surface area contributed by atoms with Crippen molar-refractivity contribution in [3.05, 3.63) is 28.2 Å². The lowest BCUT2D eigenvalue weighted by molar-refractivity contribution is -0.174. The highest BCUT2D eigenvalue weighted by atomic mass is 79.9. The molecule has 0 bridgehead atoms. The molecule has 0 saturated carbocycles. The average molecular weight is 390 g/mol. The number of alkyl halides is 4. The summed E-state index contributed by atoms with van der Waals surface area (Å²) in [4.78, 5) is 4.22. The Balaban J connectivity index is 2.19. The van der Waals surface area contributed by atoms with Crippen LogP contribution in [0.15, 0.2) is 16.6 Å². The highest BCUT2D eigenvalue weighted by Gasteiger charge is 2.27. The standard InChI is InChI=1S/C12H10BrClF4N2O/c13-7-3-9-10(4-8(7)15)20(11(5-14)19-9)1-2-21-6-12(16,17)18/h3-4H,1-2,5-6H2. The van der Waals surface area contributed by atoms with E-state index in [0.717, 1.165) is 0 Å². The second kappa shape index (κ2) is 6.50. The molecule has 0 aliphatic rings. The third kappa shape index (κ3) is 4.08. The molecule has 1 heterocycles. The predicted octanol–water partition coefficient (Wildman–Crippen LogP) is 4.26. The summed E-state index contributed by atoms with van der Waals surface area (Å²) < 4.78 is 55.9. The Hall–Kier alpha value is -0.860. The number of hydrogen-bond donors (Lipinski definition) is 0. The number of imidazole rings is 1. The molecule has 3 nitrogen and oxygen atoms in total. The molecule has 0 atom stereocenters. The molecule has 1 aromatic heterocycles. The summed E-state index contributed by atoms with van der Waals surface area (Å²) in [6.07, 6.45) is -4.37. The number of fused-ring (bicyclic) bond motifs is 1. The van der Waals surface area contributed by atoms with E-state index in [2.05, 4.69) is 25.7 Å². The molecule has 1 aromatic carbocycles. The summed E-state index contributed by atoms with van der Waals surface area (Å²) in [7, 11) is 0. The van der Waals surface area contributed by atoms with Crippen LogP contribution in [0.2, 0.25) is 0 Å². The number of nitrogens with zero attached hydrogens (tertiary/aromatic N) is 2. The summed E-state index contributed by atoms with van der Waals surface area (Å²) in [5.41, 5.74) is 0.969. The van der Waals surface area contributed by atoms with Gasteiger partial charge in [-0.2, -0.15) is 13.2 Å². The Morgan fingerprint density at radius 2 is 2.05 bits per heavy atom. The van der Waals surface area contributed by atoms with Crippen LogP contribution in [0.5, 0.6) is 0 Å². The number of rotatable bonds is 5. The minimum Gasteiger partial charge on any atom is -0.370 e. The van der Waals surface area contributed by atoms with Crippen LogP contribution < -0.4 is 0 Å². The van der Waals surface area contributed by atoms with Crippen LogP contribution in [-0.2, 0) is 17.2 Å². The van der Waals surface area contributed by atoms with E-state index in [1.54, 1.807) is 4.57 Å². The fraction of sp³-hybridized carbons (Fsp3) is 0.417. The maximum atomic E-state index is 13.6. The number of halogens is 6. The Morgan fingerprint density at radius 3 is 2.67 bits per heavy atom. The van der Waals surface area contributed by atoms with Gasteiger partial charge in [0.1, 0.15) is 18.2 Å². The molecule has 0 unspecified atom stereocenters. The molecule has 21 heavy (non-hydrogen) atoms. The number of hydrogen-bond acceptors (Lipinski definition) is 2. The monoisotopic (exact) mass is 388 g/mol. The maximum absolute atomic E-state index is 13.6. The minimum absolute atomic E-state index is 0.0627. The Kier molecular flexibility index (Phi) is 5.11. The van der Waals surface area contributed by atoms with Crippen molar-refractivity contribution in [2.45, 2.75) is 18.6 Å². The van der Waals surface area contributed by atoms with E-state index in [0.29, 0.717) is 16.9 Å². The first kappa shape index (κ1) is 16.5. The predicted molar refractivity (Wildman–Crippen MR) is 73.8 cm³/mol. The van der Waals surface area contributed by atoms with Gasteiger partial charge in [0.05, 0.1) is 28.0 Å². The van der Waals surface area contributed by atoms with E-state index in [4.69, 9.17) is 11.6 Å². The molecule has 0 N–H and O–H groups in total. The SMILES string of the molecule is Fc1cc2c(cc1Br)nc(CCl)n2CCOCC(F)(F)F. The summed E-state index contributed by atoms with van der Waals surface area (Å²) in [5, 5.41) is 0. The van der Waals surface area contributed by atoms with E-state index in [1.807, 2.05) is 0 Å². The zero-order valence-electron chi connectivity index (χ0n) is 10.6. The third-order valence-electron chi connectivity index (χ3n) is 2.71. The lowest BCUT2D eigenvalue weighted by Crippen LogP contribution is -2.19. The van der Waals surface area contributed by atoms with Crippen LogP contribution in [0.1, 0.15) is 5.82 Å². The first-order valence-corrected chi connectivity index (χ1v) is 7.19. The fourth-order valence-electron chi connectivity index (χ4n) is 1.87. The molecular formula is C12H10BrClF4N2O. The highest BCUT2D eigenvalue weighted by molar-refractivity contribution is 9.10. The lowest BCUT2D eigenvalue weighted by atomic mass is 10.3. The summed E-state index contributed by atoms with van der Waals surface area (Å²) in [5.74, 6) is 0.0217. The summed E-state index contributed by atoms with van der Waals surface area (Å²) >= 11 is 8.81. The fourth-order valence-corrected chi connectivity index (χ4v) is 2.40. The molecule has 0 fully saturated rings. The molecule has 2 aromatic rings. The smallest absolute Gasteiger partial charge is 0.370 e. The highest BCUT2D eigenvalue weighted by Crippen LogP contribution is 2.25. The van der Waals surface area contributed by atoms with Gasteiger partial charge in [0.2, 0.25) is 0 Å². The quantitative estimate of drug-likeness (QED) is 0.434. The van der Waals surface area contributed by atoms with Crippen molar-refractivity contribution < 1.29 is 22.3 Å². The second-order valence-electron chi connectivity index (χ2n) is 4.24. The van der Waals surface area contributed by atoms with E-state index in [9.17, 15) is 17.6 Å². The molecule has 0 aliphatic carbocycles. The molecule has 2 rings (SSSR count). The molecular weight excluding hydrogens is 379 g/mol. The lowest BCUT2D eigenvalue weighted by Gasteiger charge is -2.10. The van der Waals surface area contributed by atoms with Crippen molar-refractivity contribution in [3.63, 3.8) is 0 Å². The normalized spacial score (nSPS) is 12.3. The van der Waals surface area contributed by atoms with Gasteiger partial charge in [-0.3, -0.25) is 0 Å². The molecule has 9 heteroatoms. The first-order valence-electron chi connectivity index (χ1n) is 5.86. The largest absolute Gasteiger partial charge is 0.411 e. The van der Waals surface area contributed by atoms with Gasteiger partial charge < -0.3 is 9.30 Å². The molecule has 0 spiro atoms. The van der Waals surface area contributed by atoms with Crippen LogP contribution in [0.3, 0.4) is 0 Å². The third-order valence-corrected chi connectivity index (χ3v) is 3.56. The zero-order chi connectivity index (χ0) is 15.6. The van der Waals surface area contributed by atoms with Crippen molar-refractivity contribution in [3.8, 4) is 0 Å². The zero-order valence-corrected chi connectivity index (χ0v) is 12.9. The van der Waals surface area contributed by atoms with Gasteiger partial charge in [-0.25, -0.2) is 9.37 Å².